The molecule has 24 heavy (non-hydrogen) atoms. The van der Waals surface area contributed by atoms with Gasteiger partial charge in [-0.15, -0.1) is 11.3 Å². The van der Waals surface area contributed by atoms with Crippen LogP contribution in [0, 0.1) is 24.7 Å². The van der Waals surface area contributed by atoms with Gasteiger partial charge in [-0.25, -0.2) is 4.98 Å². The summed E-state index contributed by atoms with van der Waals surface area (Å²) in [4.78, 5) is 33.3. The summed E-state index contributed by atoms with van der Waals surface area (Å²) in [5.41, 5.74) is 0.539. The maximum absolute atomic E-state index is 12.8. The van der Waals surface area contributed by atoms with Crippen molar-refractivity contribution in [2.45, 2.75) is 33.0 Å². The fraction of sp³-hybridized carbons (Fsp3) is 0.706. The van der Waals surface area contributed by atoms with Crippen LogP contribution in [0.3, 0.4) is 0 Å². The van der Waals surface area contributed by atoms with Gasteiger partial charge in [0.05, 0.1) is 17.2 Å². The van der Waals surface area contributed by atoms with E-state index in [0.29, 0.717) is 43.7 Å². The van der Waals surface area contributed by atoms with Gasteiger partial charge < -0.3 is 14.5 Å². The SMILES string of the molecule is Cc1nc(C(=O)N2C[C@@H]3C(C(=O)N4C[C@@H](C)O[C@@H](C)C4)[C@@H]3C2)cs1. The molecular formula is C17H23N3O3S. The lowest BCUT2D eigenvalue weighted by molar-refractivity contribution is -0.145. The molecule has 1 aromatic heterocycles. The molecule has 0 bridgehead atoms. The second kappa shape index (κ2) is 5.81. The summed E-state index contributed by atoms with van der Waals surface area (Å²) in [7, 11) is 0. The molecule has 130 valence electrons. The van der Waals surface area contributed by atoms with Crippen molar-refractivity contribution in [1.82, 2.24) is 14.8 Å². The van der Waals surface area contributed by atoms with Crippen molar-refractivity contribution in [3.63, 3.8) is 0 Å². The Kier molecular flexibility index (Phi) is 3.88. The first-order valence-corrected chi connectivity index (χ1v) is 9.47. The number of hydrogen-bond donors (Lipinski definition) is 0. The molecule has 3 fully saturated rings. The van der Waals surface area contributed by atoms with Crippen LogP contribution in [-0.4, -0.2) is 65.0 Å². The first kappa shape index (κ1) is 16.0. The zero-order valence-electron chi connectivity index (χ0n) is 14.3. The molecule has 1 aliphatic carbocycles. The molecule has 3 heterocycles. The third-order valence-corrected chi connectivity index (χ3v) is 6.11. The number of rotatable bonds is 2. The standard InChI is InChI=1S/C17H23N3O3S/c1-9-4-19(5-10(2)23-9)17(22)15-12-6-20(7-13(12)15)16(21)14-8-24-11(3)18-14/h8-10,12-13,15H,4-7H2,1-3H3/t9-,10+,12-,13+,15?. The van der Waals surface area contributed by atoms with Crippen molar-refractivity contribution in [2.75, 3.05) is 26.2 Å². The number of fused-ring (bicyclic) bond motifs is 1. The van der Waals surface area contributed by atoms with E-state index in [1.807, 2.05) is 36.0 Å². The predicted octanol–water partition coefficient (Wildman–Crippen LogP) is 1.41. The molecule has 3 aliphatic rings. The first-order valence-electron chi connectivity index (χ1n) is 8.59. The third-order valence-electron chi connectivity index (χ3n) is 5.34. The van der Waals surface area contributed by atoms with Crippen molar-refractivity contribution >= 4 is 23.2 Å². The second-order valence-electron chi connectivity index (χ2n) is 7.32. The van der Waals surface area contributed by atoms with Gasteiger partial charge >= 0.3 is 0 Å². The summed E-state index contributed by atoms with van der Waals surface area (Å²) in [6.07, 6.45) is 0.199. The Labute approximate surface area is 145 Å². The number of ether oxygens (including phenoxy) is 1. The highest BCUT2D eigenvalue weighted by Crippen LogP contribution is 2.53. The van der Waals surface area contributed by atoms with Crippen LogP contribution in [0.5, 0.6) is 0 Å². The summed E-state index contributed by atoms with van der Waals surface area (Å²) in [6.45, 7) is 8.67. The summed E-state index contributed by atoms with van der Waals surface area (Å²) >= 11 is 1.50. The molecule has 0 N–H and O–H groups in total. The van der Waals surface area contributed by atoms with Gasteiger partial charge in [0.25, 0.3) is 5.91 Å². The summed E-state index contributed by atoms with van der Waals surface area (Å²) < 4.78 is 5.71. The number of morpholine rings is 1. The minimum absolute atomic E-state index is 0.00589. The van der Waals surface area contributed by atoms with Gasteiger partial charge in [0.1, 0.15) is 5.69 Å². The number of aryl methyl sites for hydroxylation is 1. The van der Waals surface area contributed by atoms with E-state index in [4.69, 9.17) is 4.74 Å². The van der Waals surface area contributed by atoms with Crippen LogP contribution in [0.15, 0.2) is 5.38 Å². The van der Waals surface area contributed by atoms with Crippen molar-refractivity contribution in [2.24, 2.45) is 17.8 Å². The van der Waals surface area contributed by atoms with E-state index in [0.717, 1.165) is 5.01 Å². The van der Waals surface area contributed by atoms with Gasteiger partial charge in [0, 0.05) is 37.5 Å². The number of nitrogens with zero attached hydrogens (tertiary/aromatic N) is 3. The number of carbonyl (C=O) groups excluding carboxylic acids is 2. The number of aromatic nitrogens is 1. The van der Waals surface area contributed by atoms with E-state index < -0.39 is 0 Å². The Morgan fingerprint density at radius 1 is 1.12 bits per heavy atom. The molecule has 0 spiro atoms. The molecule has 5 atom stereocenters. The molecule has 0 aromatic carbocycles. The van der Waals surface area contributed by atoms with E-state index in [2.05, 4.69) is 4.98 Å². The highest BCUT2D eigenvalue weighted by molar-refractivity contribution is 7.09. The summed E-state index contributed by atoms with van der Waals surface area (Å²) in [6, 6.07) is 0. The molecule has 2 saturated heterocycles. The summed E-state index contributed by atoms with van der Waals surface area (Å²) in [5.74, 6) is 1.02. The summed E-state index contributed by atoms with van der Waals surface area (Å²) in [5, 5.41) is 2.73. The van der Waals surface area contributed by atoms with Gasteiger partial charge in [-0.3, -0.25) is 9.59 Å². The van der Waals surface area contributed by atoms with Crippen LogP contribution < -0.4 is 0 Å². The fourth-order valence-electron chi connectivity index (χ4n) is 4.25. The largest absolute Gasteiger partial charge is 0.372 e. The number of likely N-dealkylation sites (tertiary alicyclic amines) is 1. The van der Waals surface area contributed by atoms with Crippen molar-refractivity contribution in [3.8, 4) is 0 Å². The minimum Gasteiger partial charge on any atom is -0.372 e. The maximum atomic E-state index is 12.8. The quantitative estimate of drug-likeness (QED) is 0.810. The molecule has 2 amide bonds. The molecule has 6 nitrogen and oxygen atoms in total. The van der Waals surface area contributed by atoms with E-state index in [9.17, 15) is 9.59 Å². The van der Waals surface area contributed by atoms with Crippen molar-refractivity contribution < 1.29 is 14.3 Å². The lowest BCUT2D eigenvalue weighted by Gasteiger charge is -2.36. The van der Waals surface area contributed by atoms with Crippen molar-refractivity contribution in [3.05, 3.63) is 16.1 Å². The van der Waals surface area contributed by atoms with E-state index in [-0.39, 0.29) is 29.9 Å². The Bertz CT molecular complexity index is 654. The number of carbonyl (C=O) groups is 2. The molecule has 1 unspecified atom stereocenters. The first-order chi connectivity index (χ1) is 11.4. The fourth-order valence-corrected chi connectivity index (χ4v) is 4.84. The van der Waals surface area contributed by atoms with Crippen LogP contribution in [-0.2, 0) is 9.53 Å². The van der Waals surface area contributed by atoms with Gasteiger partial charge in [0.2, 0.25) is 5.91 Å². The van der Waals surface area contributed by atoms with Gasteiger partial charge in [0.15, 0.2) is 0 Å². The third kappa shape index (κ3) is 2.73. The lowest BCUT2D eigenvalue weighted by Crippen LogP contribution is -2.49. The molecule has 0 radical (unpaired) electrons. The zero-order valence-corrected chi connectivity index (χ0v) is 15.1. The van der Waals surface area contributed by atoms with Crippen LogP contribution in [0.1, 0.15) is 29.3 Å². The molecule has 2 aliphatic heterocycles. The van der Waals surface area contributed by atoms with Crippen LogP contribution in [0.25, 0.3) is 0 Å². The van der Waals surface area contributed by atoms with Gasteiger partial charge in [-0.2, -0.15) is 0 Å². The van der Waals surface area contributed by atoms with Crippen LogP contribution in [0.4, 0.5) is 0 Å². The lowest BCUT2D eigenvalue weighted by atomic mass is 10.1. The van der Waals surface area contributed by atoms with E-state index in [1.165, 1.54) is 11.3 Å². The predicted molar refractivity (Wildman–Crippen MR) is 89.8 cm³/mol. The van der Waals surface area contributed by atoms with E-state index >= 15 is 0 Å². The highest BCUT2D eigenvalue weighted by Gasteiger charge is 2.61. The smallest absolute Gasteiger partial charge is 0.273 e. The Hall–Kier alpha value is -1.47. The average Bonchev–Trinajstić information content (AvgIpc) is 2.89. The minimum atomic E-state index is 0.00589. The van der Waals surface area contributed by atoms with Crippen LogP contribution >= 0.6 is 11.3 Å². The monoisotopic (exact) mass is 349 g/mol. The van der Waals surface area contributed by atoms with Gasteiger partial charge in [-0.05, 0) is 32.6 Å². The zero-order chi connectivity index (χ0) is 17.0. The number of hydrogen-bond acceptors (Lipinski definition) is 5. The second-order valence-corrected chi connectivity index (χ2v) is 8.38. The number of amides is 2. The molecule has 1 aromatic rings. The highest BCUT2D eigenvalue weighted by atomic mass is 32.1. The van der Waals surface area contributed by atoms with Crippen molar-refractivity contribution in [1.29, 1.82) is 0 Å². The maximum Gasteiger partial charge on any atom is 0.273 e. The normalized spacial score (nSPS) is 35.0. The Balaban J connectivity index is 1.35. The number of thiazole rings is 1. The topological polar surface area (TPSA) is 62.7 Å². The average molecular weight is 349 g/mol. The molecule has 4 rings (SSSR count). The Morgan fingerprint density at radius 2 is 1.75 bits per heavy atom. The number of piperidine rings is 1. The molecule has 7 heteroatoms. The van der Waals surface area contributed by atoms with Crippen LogP contribution in [0.2, 0.25) is 0 Å². The Morgan fingerprint density at radius 3 is 2.29 bits per heavy atom. The molecular weight excluding hydrogens is 326 g/mol. The van der Waals surface area contributed by atoms with E-state index in [1.54, 1.807) is 0 Å². The van der Waals surface area contributed by atoms with Gasteiger partial charge in [-0.1, -0.05) is 0 Å². The molecule has 1 saturated carbocycles.